The molecule has 0 aliphatic heterocycles. The van der Waals surface area contributed by atoms with Gasteiger partial charge in [-0.2, -0.15) is 0 Å². The second-order valence-corrected chi connectivity index (χ2v) is 19.5. The Bertz CT molecular complexity index is 1230. The third kappa shape index (κ3) is 49.5. The fourth-order valence-electron chi connectivity index (χ4n) is 8.52. The molecule has 0 rings (SSSR count). The van der Waals surface area contributed by atoms with E-state index in [0.29, 0.717) is 19.3 Å². The topological polar surface area (TPSA) is 95.9 Å². The van der Waals surface area contributed by atoms with Crippen molar-refractivity contribution in [1.82, 2.24) is 5.32 Å². The molecule has 388 valence electrons. The molecular formula is C61H109NO5. The van der Waals surface area contributed by atoms with Gasteiger partial charge in [-0.05, 0) is 70.6 Å². The van der Waals surface area contributed by atoms with Crippen LogP contribution in [-0.2, 0) is 14.3 Å². The highest BCUT2D eigenvalue weighted by Gasteiger charge is 2.24. The third-order valence-electron chi connectivity index (χ3n) is 12.9. The Morgan fingerprint density at radius 2 is 0.806 bits per heavy atom. The normalized spacial score (nSPS) is 13.7. The summed E-state index contributed by atoms with van der Waals surface area (Å²) >= 11 is 0. The van der Waals surface area contributed by atoms with Gasteiger partial charge in [0.25, 0.3) is 0 Å². The minimum Gasteiger partial charge on any atom is -0.462 e. The van der Waals surface area contributed by atoms with Gasteiger partial charge in [0, 0.05) is 6.42 Å². The molecule has 3 N–H and O–H groups in total. The van der Waals surface area contributed by atoms with Crippen LogP contribution in [0.15, 0.2) is 72.9 Å². The average molecular weight is 937 g/mol. The van der Waals surface area contributed by atoms with E-state index in [1.807, 2.05) is 24.3 Å². The van der Waals surface area contributed by atoms with Gasteiger partial charge in [-0.25, -0.2) is 0 Å². The van der Waals surface area contributed by atoms with Gasteiger partial charge < -0.3 is 20.3 Å². The van der Waals surface area contributed by atoms with E-state index in [0.717, 1.165) is 96.3 Å². The van der Waals surface area contributed by atoms with Crippen LogP contribution in [0.5, 0.6) is 0 Å². The predicted molar refractivity (Wildman–Crippen MR) is 291 cm³/mol. The number of aliphatic hydroxyl groups is 2. The Hall–Kier alpha value is -2.70. The summed E-state index contributed by atoms with van der Waals surface area (Å²) in [5.74, 6) is -0.513. The Balaban J connectivity index is 4.65. The molecule has 0 spiro atoms. The SMILES string of the molecule is CCC/C=C/C=C/C=C/C=C/C=C/CCCCCCCC(=O)OC(CCCCC/C=C/CCCCCCCCCCC)CC(=O)NC(CO)C(O)CCCCCCCCCCCCCCCC. The summed E-state index contributed by atoms with van der Waals surface area (Å²) in [6.45, 7) is 6.41. The van der Waals surface area contributed by atoms with Crippen molar-refractivity contribution in [3.05, 3.63) is 72.9 Å². The lowest BCUT2D eigenvalue weighted by molar-refractivity contribution is -0.151. The number of allylic oxidation sites excluding steroid dienone is 12. The van der Waals surface area contributed by atoms with E-state index >= 15 is 0 Å². The fraction of sp³-hybridized carbons (Fsp3) is 0.770. The molecule has 67 heavy (non-hydrogen) atoms. The number of rotatable bonds is 51. The van der Waals surface area contributed by atoms with Crippen LogP contribution in [0.1, 0.15) is 278 Å². The Morgan fingerprint density at radius 1 is 0.433 bits per heavy atom. The van der Waals surface area contributed by atoms with Crippen molar-refractivity contribution in [2.24, 2.45) is 0 Å². The maximum absolute atomic E-state index is 13.3. The van der Waals surface area contributed by atoms with E-state index in [1.165, 1.54) is 135 Å². The lowest BCUT2D eigenvalue weighted by Crippen LogP contribution is -2.46. The number of amides is 1. The molecule has 1 amide bonds. The molecule has 0 aliphatic rings. The standard InChI is InChI=1S/C61H109NO5/c1-4-7-10-13-16-19-22-25-28-30-31-33-36-39-42-45-48-51-54-61(66)67-57(52-49-46-43-40-37-34-32-29-26-23-20-17-14-11-8-5-2)55-60(65)62-58(56-63)59(64)53-50-47-44-41-38-35-27-24-21-18-15-12-9-6-3/h10,13,16,19,22,25,28,30-31,33-34,37,57-59,63-64H,4-9,11-12,14-15,17-18,20-21,23-24,26-27,29,32,35-36,38-56H2,1-3H3,(H,62,65)/b13-10+,19-16+,25-22+,30-28+,33-31+,37-34+. The average Bonchev–Trinajstić information content (AvgIpc) is 3.32. The first-order chi connectivity index (χ1) is 33.0. The summed E-state index contributed by atoms with van der Waals surface area (Å²) in [6, 6.07) is -0.715. The monoisotopic (exact) mass is 936 g/mol. The quantitative estimate of drug-likeness (QED) is 0.0244. The number of nitrogens with one attached hydrogen (secondary N) is 1. The number of unbranched alkanes of at least 4 members (excludes halogenated alkanes) is 31. The summed E-state index contributed by atoms with van der Waals surface area (Å²) in [5, 5.41) is 23.9. The number of carbonyl (C=O) groups excluding carboxylic acids is 2. The van der Waals surface area contributed by atoms with Gasteiger partial charge in [-0.3, -0.25) is 9.59 Å². The Morgan fingerprint density at radius 3 is 1.27 bits per heavy atom. The van der Waals surface area contributed by atoms with E-state index in [2.05, 4.69) is 74.7 Å². The van der Waals surface area contributed by atoms with Crippen LogP contribution in [0.3, 0.4) is 0 Å². The molecular weight excluding hydrogens is 827 g/mol. The molecule has 0 bridgehead atoms. The van der Waals surface area contributed by atoms with Crippen LogP contribution in [-0.4, -0.2) is 46.9 Å². The van der Waals surface area contributed by atoms with E-state index in [4.69, 9.17) is 4.74 Å². The molecule has 0 aromatic carbocycles. The van der Waals surface area contributed by atoms with Gasteiger partial charge in [0.1, 0.15) is 6.10 Å². The van der Waals surface area contributed by atoms with Gasteiger partial charge in [0.2, 0.25) is 5.91 Å². The van der Waals surface area contributed by atoms with Crippen molar-refractivity contribution in [3.63, 3.8) is 0 Å². The molecule has 0 heterocycles. The van der Waals surface area contributed by atoms with Crippen LogP contribution < -0.4 is 5.32 Å². The zero-order chi connectivity index (χ0) is 48.8. The van der Waals surface area contributed by atoms with Crippen molar-refractivity contribution in [2.45, 2.75) is 296 Å². The molecule has 6 nitrogen and oxygen atoms in total. The van der Waals surface area contributed by atoms with E-state index < -0.39 is 18.2 Å². The largest absolute Gasteiger partial charge is 0.462 e. The van der Waals surface area contributed by atoms with Crippen molar-refractivity contribution < 1.29 is 24.5 Å². The second-order valence-electron chi connectivity index (χ2n) is 19.5. The summed E-state index contributed by atoms with van der Waals surface area (Å²) in [4.78, 5) is 26.3. The predicted octanol–water partition coefficient (Wildman–Crippen LogP) is 17.7. The van der Waals surface area contributed by atoms with Crippen LogP contribution in [0.25, 0.3) is 0 Å². The van der Waals surface area contributed by atoms with Gasteiger partial charge in [0.05, 0.1) is 25.2 Å². The van der Waals surface area contributed by atoms with Gasteiger partial charge in [-0.1, -0.05) is 267 Å². The third-order valence-corrected chi connectivity index (χ3v) is 12.9. The molecule has 0 aliphatic carbocycles. The maximum atomic E-state index is 13.3. The first-order valence-corrected chi connectivity index (χ1v) is 28.7. The van der Waals surface area contributed by atoms with Gasteiger partial charge in [0.15, 0.2) is 0 Å². The highest BCUT2D eigenvalue weighted by molar-refractivity contribution is 5.77. The van der Waals surface area contributed by atoms with Crippen molar-refractivity contribution in [3.8, 4) is 0 Å². The number of carbonyl (C=O) groups is 2. The van der Waals surface area contributed by atoms with Crippen molar-refractivity contribution in [1.29, 1.82) is 0 Å². The Labute approximate surface area is 415 Å². The summed E-state index contributed by atoms with van der Waals surface area (Å²) in [6.07, 6.45) is 69.6. The van der Waals surface area contributed by atoms with E-state index in [9.17, 15) is 19.8 Å². The first-order valence-electron chi connectivity index (χ1n) is 28.7. The number of hydrogen-bond donors (Lipinski definition) is 3. The molecule has 3 atom stereocenters. The fourth-order valence-corrected chi connectivity index (χ4v) is 8.52. The lowest BCUT2D eigenvalue weighted by atomic mass is 10.0. The van der Waals surface area contributed by atoms with E-state index in [-0.39, 0.29) is 24.9 Å². The second kappa shape index (κ2) is 54.2. The zero-order valence-corrected chi connectivity index (χ0v) is 44.3. The van der Waals surface area contributed by atoms with Gasteiger partial charge in [-0.15, -0.1) is 0 Å². The molecule has 6 heteroatoms. The highest BCUT2D eigenvalue weighted by atomic mass is 16.5. The molecule has 0 saturated heterocycles. The number of ether oxygens (including phenoxy) is 1. The molecule has 0 radical (unpaired) electrons. The first kappa shape index (κ1) is 64.3. The highest BCUT2D eigenvalue weighted by Crippen LogP contribution is 2.18. The van der Waals surface area contributed by atoms with Crippen LogP contribution >= 0.6 is 0 Å². The molecule has 0 aromatic heterocycles. The zero-order valence-electron chi connectivity index (χ0n) is 44.3. The Kier molecular flexibility index (Phi) is 52.1. The van der Waals surface area contributed by atoms with Crippen LogP contribution in [0, 0.1) is 0 Å². The summed E-state index contributed by atoms with van der Waals surface area (Å²) in [7, 11) is 0. The van der Waals surface area contributed by atoms with E-state index in [1.54, 1.807) is 0 Å². The number of hydrogen-bond acceptors (Lipinski definition) is 5. The minimum absolute atomic E-state index is 0.0548. The smallest absolute Gasteiger partial charge is 0.306 e. The maximum Gasteiger partial charge on any atom is 0.306 e. The molecule has 0 fully saturated rings. The van der Waals surface area contributed by atoms with Crippen LogP contribution in [0.2, 0.25) is 0 Å². The van der Waals surface area contributed by atoms with Crippen LogP contribution in [0.4, 0.5) is 0 Å². The molecule has 0 aromatic rings. The summed E-state index contributed by atoms with van der Waals surface area (Å²) < 4.78 is 5.95. The minimum atomic E-state index is -0.800. The number of aliphatic hydroxyl groups excluding tert-OH is 2. The molecule has 3 unspecified atom stereocenters. The lowest BCUT2D eigenvalue weighted by Gasteiger charge is -2.24. The van der Waals surface area contributed by atoms with Crippen molar-refractivity contribution in [2.75, 3.05) is 6.61 Å². The van der Waals surface area contributed by atoms with Crippen molar-refractivity contribution >= 4 is 11.9 Å². The summed E-state index contributed by atoms with van der Waals surface area (Å²) in [5.41, 5.74) is 0. The molecule has 0 saturated carbocycles. The number of esters is 1. The van der Waals surface area contributed by atoms with Gasteiger partial charge >= 0.3 is 5.97 Å².